The third-order valence-electron chi connectivity index (χ3n) is 9.19. The number of esters is 1. The maximum atomic E-state index is 13.3. The molecule has 3 rings (SSSR count). The summed E-state index contributed by atoms with van der Waals surface area (Å²) in [6.45, 7) is 14.8. The Morgan fingerprint density at radius 3 is 2.22 bits per heavy atom. The van der Waals surface area contributed by atoms with Gasteiger partial charge in [0, 0.05) is 12.8 Å². The molecule has 11 atom stereocenters. The number of ketones is 2. The predicted molar refractivity (Wildman–Crippen MR) is 181 cm³/mol. The lowest BCUT2D eigenvalue weighted by atomic mass is 9.71. The van der Waals surface area contributed by atoms with Crippen LogP contribution in [0.3, 0.4) is 0 Å². The van der Waals surface area contributed by atoms with Gasteiger partial charge in [-0.05, 0) is 43.8 Å². The minimum atomic E-state index is -1.99. The topological polar surface area (TPSA) is 210 Å². The molecule has 0 radical (unpaired) electrons. The number of hydrogen-bond acceptors (Lipinski definition) is 13. The lowest BCUT2D eigenvalue weighted by Gasteiger charge is -2.45. The molecular weight excluding hydrogens is 652 g/mol. The van der Waals surface area contributed by atoms with Crippen molar-refractivity contribution in [2.45, 2.75) is 135 Å². The number of ether oxygens (including phenoxy) is 4. The van der Waals surface area contributed by atoms with Gasteiger partial charge < -0.3 is 49.6 Å². The number of hydrogen-bond donors (Lipinski definition) is 6. The van der Waals surface area contributed by atoms with Crippen LogP contribution in [0.5, 0.6) is 0 Å². The van der Waals surface area contributed by atoms with E-state index < -0.39 is 97.5 Å². The number of rotatable bonds is 13. The first kappa shape index (κ1) is 41.3. The lowest BCUT2D eigenvalue weighted by molar-refractivity contribution is -0.347. The molecule has 0 saturated carbocycles. The van der Waals surface area contributed by atoms with Gasteiger partial charge in [-0.15, -0.1) is 0 Å². The van der Waals surface area contributed by atoms with Crippen molar-refractivity contribution in [3.05, 3.63) is 71.4 Å². The van der Waals surface area contributed by atoms with Crippen LogP contribution < -0.4 is 0 Å². The summed E-state index contributed by atoms with van der Waals surface area (Å²) < 4.78 is 21.9. The highest BCUT2D eigenvalue weighted by molar-refractivity contribution is 6.01. The molecule has 2 aliphatic heterocycles. The molecule has 0 aromatic rings. The van der Waals surface area contributed by atoms with Crippen LogP contribution in [0.2, 0.25) is 0 Å². The molecule has 0 aromatic heterocycles. The summed E-state index contributed by atoms with van der Waals surface area (Å²) in [6.07, 6.45) is -5.17. The van der Waals surface area contributed by atoms with E-state index in [9.17, 15) is 45.0 Å². The van der Waals surface area contributed by atoms with Crippen molar-refractivity contribution in [2.24, 2.45) is 5.41 Å². The molecule has 2 fully saturated rings. The number of aliphatic hydroxyl groups is 6. The Hall–Kier alpha value is -3.11. The zero-order chi connectivity index (χ0) is 37.5. The number of Topliss-reactive ketones (excluding diaryl/α,β-unsaturated/α-hetero) is 2. The molecule has 6 N–H and O–H groups in total. The van der Waals surface area contributed by atoms with E-state index in [0.29, 0.717) is 5.57 Å². The van der Waals surface area contributed by atoms with Crippen LogP contribution in [0.4, 0.5) is 0 Å². The first-order valence-corrected chi connectivity index (χ1v) is 16.8. The molecule has 50 heavy (non-hydrogen) atoms. The molecule has 1 aliphatic carbocycles. The molecular formula is C37H52O13. The lowest BCUT2D eigenvalue weighted by Crippen LogP contribution is -2.64. The Morgan fingerprint density at radius 1 is 0.920 bits per heavy atom. The largest absolute Gasteiger partial charge is 0.454 e. The number of aliphatic hydroxyl groups excluding tert-OH is 6. The first-order chi connectivity index (χ1) is 23.4. The van der Waals surface area contributed by atoms with E-state index in [0.717, 1.165) is 16.7 Å². The molecule has 13 heteroatoms. The van der Waals surface area contributed by atoms with Crippen LogP contribution in [0.1, 0.15) is 67.2 Å². The highest BCUT2D eigenvalue weighted by Crippen LogP contribution is 2.41. The van der Waals surface area contributed by atoms with E-state index in [1.807, 2.05) is 64.2 Å². The van der Waals surface area contributed by atoms with E-state index >= 15 is 0 Å². The molecule has 11 unspecified atom stereocenters. The average molecular weight is 705 g/mol. The van der Waals surface area contributed by atoms with Crippen molar-refractivity contribution in [1.29, 1.82) is 0 Å². The molecule has 0 amide bonds. The Kier molecular flexibility index (Phi) is 14.8. The average Bonchev–Trinajstić information content (AvgIpc) is 3.05. The third kappa shape index (κ3) is 10.0. The zero-order valence-electron chi connectivity index (χ0n) is 29.5. The smallest absolute Gasteiger partial charge is 0.306 e. The highest BCUT2D eigenvalue weighted by atomic mass is 16.7. The van der Waals surface area contributed by atoms with Crippen molar-refractivity contribution < 1.29 is 64.0 Å². The van der Waals surface area contributed by atoms with Gasteiger partial charge in [0.2, 0.25) is 0 Å². The molecule has 13 nitrogen and oxygen atoms in total. The van der Waals surface area contributed by atoms with Crippen LogP contribution in [0.15, 0.2) is 71.4 Å². The molecule has 0 bridgehead atoms. The van der Waals surface area contributed by atoms with Crippen molar-refractivity contribution in [3.63, 3.8) is 0 Å². The van der Waals surface area contributed by atoms with Crippen molar-refractivity contribution in [3.8, 4) is 0 Å². The second-order valence-electron chi connectivity index (χ2n) is 13.6. The van der Waals surface area contributed by atoms with E-state index in [-0.39, 0.29) is 18.6 Å². The van der Waals surface area contributed by atoms with Gasteiger partial charge in [0.25, 0.3) is 0 Å². The highest BCUT2D eigenvalue weighted by Gasteiger charge is 2.52. The Morgan fingerprint density at radius 2 is 1.58 bits per heavy atom. The fraction of sp³-hybridized carbons (Fsp3) is 0.595. The summed E-state index contributed by atoms with van der Waals surface area (Å²) in [5.74, 6) is -2.02. The standard InChI is InChI=1S/C37H52O13/c1-8-11-19(3)12-10-13-20(4)14-15-22-21(5)27(40)25(18-37(22,6)7)47-26(39)17-16-23(38)33-34(30(43)31(44)35(46)49-33)50-36-32(45)29(42)28(41)24(9-2)48-36/h8,10-15,24-25,28-36,41-46H,1,9,16-18H2,2-7H3/b12-10+,15-14+,19-11+,20-13+. The molecule has 0 spiro atoms. The van der Waals surface area contributed by atoms with Gasteiger partial charge in [-0.3, -0.25) is 14.4 Å². The van der Waals surface area contributed by atoms with Crippen LogP contribution in [0.25, 0.3) is 0 Å². The number of allylic oxidation sites excluding steroid dienone is 10. The summed E-state index contributed by atoms with van der Waals surface area (Å²) >= 11 is 0. The van der Waals surface area contributed by atoms with Gasteiger partial charge in [-0.1, -0.05) is 81.0 Å². The van der Waals surface area contributed by atoms with Gasteiger partial charge >= 0.3 is 5.97 Å². The fourth-order valence-corrected chi connectivity index (χ4v) is 6.22. The van der Waals surface area contributed by atoms with E-state index in [4.69, 9.17) is 18.9 Å². The van der Waals surface area contributed by atoms with Gasteiger partial charge in [-0.25, -0.2) is 0 Å². The molecule has 3 aliphatic rings. The van der Waals surface area contributed by atoms with Crippen molar-refractivity contribution in [2.75, 3.05) is 0 Å². The monoisotopic (exact) mass is 704 g/mol. The van der Waals surface area contributed by atoms with E-state index in [2.05, 4.69) is 6.58 Å². The van der Waals surface area contributed by atoms with E-state index in [1.165, 1.54) is 0 Å². The molecule has 278 valence electrons. The third-order valence-corrected chi connectivity index (χ3v) is 9.19. The van der Waals surface area contributed by atoms with Crippen molar-refractivity contribution in [1.82, 2.24) is 0 Å². The summed E-state index contributed by atoms with van der Waals surface area (Å²) in [5.41, 5.74) is 2.74. The van der Waals surface area contributed by atoms with Gasteiger partial charge in [0.1, 0.15) is 42.7 Å². The first-order valence-electron chi connectivity index (χ1n) is 16.8. The second kappa shape index (κ2) is 17.9. The maximum Gasteiger partial charge on any atom is 0.306 e. The van der Waals surface area contributed by atoms with Crippen LogP contribution in [-0.2, 0) is 33.3 Å². The molecule has 0 aromatic carbocycles. The van der Waals surface area contributed by atoms with Gasteiger partial charge in [0.05, 0.1) is 12.5 Å². The van der Waals surface area contributed by atoms with Crippen molar-refractivity contribution >= 4 is 17.5 Å². The molecule has 2 heterocycles. The Balaban J connectivity index is 1.67. The van der Waals surface area contributed by atoms with Crippen LogP contribution >= 0.6 is 0 Å². The predicted octanol–water partition coefficient (Wildman–Crippen LogP) is 1.80. The Bertz CT molecular complexity index is 1400. The SMILES string of the molecule is C=C/C=C(C)/C=C/C=C(C)/C=C/C1=C(C)C(=O)C(OC(=O)CCC(=O)C2OC(O)C(O)C(O)C2OC2OC(CC)C(O)C(O)C2O)CC1(C)C. The maximum absolute atomic E-state index is 13.3. The molecule has 2 saturated heterocycles. The summed E-state index contributed by atoms with van der Waals surface area (Å²) in [7, 11) is 0. The number of carbonyl (C=O) groups excluding carboxylic acids is 3. The fourth-order valence-electron chi connectivity index (χ4n) is 6.22. The summed E-state index contributed by atoms with van der Waals surface area (Å²) in [4.78, 5) is 39.5. The van der Waals surface area contributed by atoms with Crippen LogP contribution in [-0.4, -0.2) is 116 Å². The van der Waals surface area contributed by atoms with Crippen LogP contribution in [0, 0.1) is 5.41 Å². The van der Waals surface area contributed by atoms with Gasteiger partial charge in [-0.2, -0.15) is 0 Å². The summed E-state index contributed by atoms with van der Waals surface area (Å²) in [6, 6.07) is 0. The normalized spacial score (nSPS) is 35.5. The summed E-state index contributed by atoms with van der Waals surface area (Å²) in [5, 5.41) is 61.8. The van der Waals surface area contributed by atoms with E-state index in [1.54, 1.807) is 19.9 Å². The minimum Gasteiger partial charge on any atom is -0.454 e. The Labute approximate surface area is 292 Å². The quantitative estimate of drug-likeness (QED) is 0.120. The second-order valence-corrected chi connectivity index (χ2v) is 13.6. The number of carbonyl (C=O) groups is 3. The van der Waals surface area contributed by atoms with Gasteiger partial charge in [0.15, 0.2) is 30.3 Å². The minimum absolute atomic E-state index is 0.206. The zero-order valence-corrected chi connectivity index (χ0v) is 29.5.